The molecule has 0 saturated heterocycles. The highest BCUT2D eigenvalue weighted by atomic mass is 16.2. The maximum absolute atomic E-state index is 13.2. The summed E-state index contributed by atoms with van der Waals surface area (Å²) in [4.78, 5) is 38.1. The maximum atomic E-state index is 13.2. The molecule has 2 N–H and O–H groups in total. The van der Waals surface area contributed by atoms with Crippen molar-refractivity contribution in [1.82, 2.24) is 29.4 Å². The van der Waals surface area contributed by atoms with Crippen LogP contribution in [0.2, 0.25) is 0 Å². The van der Waals surface area contributed by atoms with Gasteiger partial charge in [-0.05, 0) is 30.2 Å². The van der Waals surface area contributed by atoms with Crippen LogP contribution in [0.25, 0.3) is 33.3 Å². The van der Waals surface area contributed by atoms with Gasteiger partial charge in [-0.25, -0.2) is 9.97 Å². The van der Waals surface area contributed by atoms with E-state index >= 15 is 0 Å². The number of aryl methyl sites for hydroxylation is 1. The number of rotatable bonds is 5. The van der Waals surface area contributed by atoms with Gasteiger partial charge in [0.25, 0.3) is 5.56 Å². The number of aromatic amines is 1. The number of hydrogen-bond donors (Lipinski definition) is 2. The lowest BCUT2D eigenvalue weighted by molar-refractivity contribution is -0.121. The molecule has 1 amide bonds. The average Bonchev–Trinajstić information content (AvgIpc) is 3.46. The SMILES string of the molecule is O=C(Cn1c2c(c3ccccc31)CCn1c-2nc2ccccc2c1=O)NCCc1cnc[nH]1. The quantitative estimate of drug-likeness (QED) is 0.441. The van der Waals surface area contributed by atoms with E-state index in [2.05, 4.69) is 21.4 Å². The van der Waals surface area contributed by atoms with Crippen LogP contribution in [0.1, 0.15) is 11.3 Å². The number of H-pyrrole nitrogens is 1. The number of carbonyl (C=O) groups excluding carboxylic acids is 1. The molecule has 164 valence electrons. The highest BCUT2D eigenvalue weighted by Crippen LogP contribution is 2.36. The molecule has 2 aromatic carbocycles. The summed E-state index contributed by atoms with van der Waals surface area (Å²) >= 11 is 0. The summed E-state index contributed by atoms with van der Waals surface area (Å²) in [6, 6.07) is 15.5. The molecule has 0 atom stereocenters. The summed E-state index contributed by atoms with van der Waals surface area (Å²) in [5.41, 5.74) is 4.57. The first-order valence-electron chi connectivity index (χ1n) is 11.0. The maximum Gasteiger partial charge on any atom is 0.261 e. The van der Waals surface area contributed by atoms with Gasteiger partial charge in [0.1, 0.15) is 6.54 Å². The standard InChI is InChI=1S/C25H22N6O2/c32-22(27-11-9-16-13-26-15-28-16)14-31-21-8-4-2-5-17(21)18-10-12-30-24(23(18)31)29-20-7-3-1-6-19(20)25(30)33/h1-8,13,15H,9-12,14H2,(H,26,28)(H,27,32). The molecular formula is C25H22N6O2. The Morgan fingerprint density at radius 1 is 1.09 bits per heavy atom. The summed E-state index contributed by atoms with van der Waals surface area (Å²) in [6.45, 7) is 1.24. The summed E-state index contributed by atoms with van der Waals surface area (Å²) in [5, 5.41) is 4.72. The summed E-state index contributed by atoms with van der Waals surface area (Å²) in [6.07, 6.45) is 4.79. The van der Waals surface area contributed by atoms with E-state index in [-0.39, 0.29) is 18.0 Å². The summed E-state index contributed by atoms with van der Waals surface area (Å²) in [5.74, 6) is 0.541. The second-order valence-corrected chi connectivity index (χ2v) is 8.27. The molecule has 6 rings (SSSR count). The molecule has 33 heavy (non-hydrogen) atoms. The van der Waals surface area contributed by atoms with Crippen molar-refractivity contribution < 1.29 is 4.79 Å². The third-order valence-corrected chi connectivity index (χ3v) is 6.31. The Bertz CT molecular complexity index is 1560. The average molecular weight is 438 g/mol. The van der Waals surface area contributed by atoms with Gasteiger partial charge in [-0.15, -0.1) is 0 Å². The van der Waals surface area contributed by atoms with E-state index < -0.39 is 0 Å². The second kappa shape index (κ2) is 7.74. The number of aromatic nitrogens is 5. The monoisotopic (exact) mass is 438 g/mol. The van der Waals surface area contributed by atoms with Crippen LogP contribution < -0.4 is 10.9 Å². The highest BCUT2D eigenvalue weighted by Gasteiger charge is 2.27. The van der Waals surface area contributed by atoms with Gasteiger partial charge in [0.05, 0.1) is 22.9 Å². The van der Waals surface area contributed by atoms with Crippen LogP contribution in [-0.2, 0) is 30.7 Å². The fourth-order valence-corrected chi connectivity index (χ4v) is 4.79. The zero-order valence-corrected chi connectivity index (χ0v) is 17.9. The van der Waals surface area contributed by atoms with E-state index in [9.17, 15) is 9.59 Å². The Hall–Kier alpha value is -4.20. The largest absolute Gasteiger partial charge is 0.354 e. The van der Waals surface area contributed by atoms with Gasteiger partial charge in [0.15, 0.2) is 5.82 Å². The lowest BCUT2D eigenvalue weighted by Crippen LogP contribution is -2.31. The van der Waals surface area contributed by atoms with Crippen LogP contribution in [0.15, 0.2) is 65.8 Å². The van der Waals surface area contributed by atoms with Crippen molar-refractivity contribution >= 4 is 27.7 Å². The Labute approximate surface area is 188 Å². The number of para-hydroxylation sites is 2. The van der Waals surface area contributed by atoms with Crippen molar-refractivity contribution in [3.05, 3.63) is 82.7 Å². The number of nitrogens with zero attached hydrogens (tertiary/aromatic N) is 4. The van der Waals surface area contributed by atoms with E-state index in [1.165, 1.54) is 0 Å². The van der Waals surface area contributed by atoms with Gasteiger partial charge >= 0.3 is 0 Å². The predicted octanol–water partition coefficient (Wildman–Crippen LogP) is 2.66. The molecule has 4 heterocycles. The predicted molar refractivity (Wildman–Crippen MR) is 126 cm³/mol. The van der Waals surface area contributed by atoms with Crippen LogP contribution in [0.4, 0.5) is 0 Å². The van der Waals surface area contributed by atoms with Crippen molar-refractivity contribution in [3.63, 3.8) is 0 Å². The molecule has 3 aromatic heterocycles. The van der Waals surface area contributed by atoms with Gasteiger partial charge < -0.3 is 14.9 Å². The number of imidazole rings is 1. The number of amides is 1. The fraction of sp³-hybridized carbons (Fsp3) is 0.200. The molecule has 8 heteroatoms. The number of carbonyl (C=O) groups is 1. The Morgan fingerprint density at radius 3 is 2.76 bits per heavy atom. The number of fused-ring (bicyclic) bond motifs is 6. The minimum absolute atomic E-state index is 0.0398. The second-order valence-electron chi connectivity index (χ2n) is 8.27. The van der Waals surface area contributed by atoms with Crippen LogP contribution >= 0.6 is 0 Å². The van der Waals surface area contributed by atoms with Gasteiger partial charge in [-0.2, -0.15) is 0 Å². The van der Waals surface area contributed by atoms with Gasteiger partial charge in [-0.1, -0.05) is 30.3 Å². The molecule has 0 aliphatic carbocycles. The molecule has 8 nitrogen and oxygen atoms in total. The molecule has 0 saturated carbocycles. The topological polar surface area (TPSA) is 97.6 Å². The third-order valence-electron chi connectivity index (χ3n) is 6.31. The lowest BCUT2D eigenvalue weighted by atomic mass is 10.0. The molecule has 0 fully saturated rings. The smallest absolute Gasteiger partial charge is 0.261 e. The third kappa shape index (κ3) is 3.22. The Morgan fingerprint density at radius 2 is 1.91 bits per heavy atom. The molecule has 1 aliphatic rings. The number of benzene rings is 2. The van der Waals surface area contributed by atoms with Crippen molar-refractivity contribution in [2.75, 3.05) is 6.54 Å². The Kier molecular flexibility index (Phi) is 4.57. The van der Waals surface area contributed by atoms with Crippen molar-refractivity contribution in [1.29, 1.82) is 0 Å². The lowest BCUT2D eigenvalue weighted by Gasteiger charge is -2.21. The Balaban J connectivity index is 1.43. The molecular weight excluding hydrogens is 416 g/mol. The molecule has 0 spiro atoms. The summed E-state index contributed by atoms with van der Waals surface area (Å²) < 4.78 is 3.75. The van der Waals surface area contributed by atoms with E-state index in [0.717, 1.165) is 34.3 Å². The van der Waals surface area contributed by atoms with Crippen molar-refractivity contribution in [2.24, 2.45) is 0 Å². The van der Waals surface area contributed by atoms with Crippen LogP contribution in [0.5, 0.6) is 0 Å². The van der Waals surface area contributed by atoms with E-state index in [0.29, 0.717) is 36.2 Å². The molecule has 1 aliphatic heterocycles. The zero-order chi connectivity index (χ0) is 22.4. The summed E-state index contributed by atoms with van der Waals surface area (Å²) in [7, 11) is 0. The highest BCUT2D eigenvalue weighted by molar-refractivity contribution is 5.93. The van der Waals surface area contributed by atoms with Crippen LogP contribution in [0.3, 0.4) is 0 Å². The molecule has 5 aromatic rings. The minimum Gasteiger partial charge on any atom is -0.354 e. The van der Waals surface area contributed by atoms with Crippen LogP contribution in [0, 0.1) is 0 Å². The normalized spacial score (nSPS) is 12.6. The van der Waals surface area contributed by atoms with E-state index in [4.69, 9.17) is 4.98 Å². The van der Waals surface area contributed by atoms with E-state index in [1.54, 1.807) is 17.1 Å². The first kappa shape index (κ1) is 19.5. The molecule has 0 unspecified atom stereocenters. The number of nitrogens with one attached hydrogen (secondary N) is 2. The first-order valence-corrected chi connectivity index (χ1v) is 11.0. The van der Waals surface area contributed by atoms with Crippen molar-refractivity contribution in [2.45, 2.75) is 25.9 Å². The van der Waals surface area contributed by atoms with Gasteiger partial charge in [-0.3, -0.25) is 14.2 Å². The minimum atomic E-state index is -0.0849. The van der Waals surface area contributed by atoms with Gasteiger partial charge in [0.2, 0.25) is 5.91 Å². The van der Waals surface area contributed by atoms with E-state index in [1.807, 2.05) is 47.0 Å². The van der Waals surface area contributed by atoms with Gasteiger partial charge in [0, 0.05) is 42.3 Å². The fourth-order valence-electron chi connectivity index (χ4n) is 4.79. The van der Waals surface area contributed by atoms with Crippen molar-refractivity contribution in [3.8, 4) is 11.5 Å². The molecule has 0 bridgehead atoms. The molecule has 0 radical (unpaired) electrons. The zero-order valence-electron chi connectivity index (χ0n) is 17.9. The van der Waals surface area contributed by atoms with Crippen LogP contribution in [-0.4, -0.2) is 36.5 Å². The number of hydrogen-bond acceptors (Lipinski definition) is 4. The first-order chi connectivity index (χ1) is 16.2.